The van der Waals surface area contributed by atoms with Crippen molar-refractivity contribution < 1.29 is 19.2 Å². The number of anilines is 1. The molecule has 1 saturated heterocycles. The number of rotatable bonds is 5. The fourth-order valence-electron chi connectivity index (χ4n) is 4.08. The maximum Gasteiger partial charge on any atom is 0.295 e. The molecule has 2 N–H and O–H groups in total. The molecular formula is C18H26FN3O4. The van der Waals surface area contributed by atoms with Crippen molar-refractivity contribution in [3.05, 3.63) is 28.1 Å². The predicted molar refractivity (Wildman–Crippen MR) is 96.1 cm³/mol. The molecule has 1 saturated carbocycles. The van der Waals surface area contributed by atoms with Gasteiger partial charge in [0.25, 0.3) is 5.69 Å². The molecule has 0 radical (unpaired) electrons. The van der Waals surface area contributed by atoms with E-state index in [0.29, 0.717) is 0 Å². The van der Waals surface area contributed by atoms with Crippen molar-refractivity contribution >= 4 is 11.4 Å². The number of benzene rings is 1. The van der Waals surface area contributed by atoms with E-state index in [4.69, 9.17) is 4.74 Å². The summed E-state index contributed by atoms with van der Waals surface area (Å²) in [6.45, 7) is 1.68. The van der Waals surface area contributed by atoms with Crippen molar-refractivity contribution in [3.8, 4) is 5.75 Å². The van der Waals surface area contributed by atoms with Crippen molar-refractivity contribution in [1.82, 2.24) is 4.90 Å². The van der Waals surface area contributed by atoms with Gasteiger partial charge in [0.15, 0.2) is 11.6 Å². The number of halogens is 1. The van der Waals surface area contributed by atoms with Crippen molar-refractivity contribution in [1.29, 1.82) is 0 Å². The Labute approximate surface area is 152 Å². The van der Waals surface area contributed by atoms with E-state index in [1.165, 1.54) is 13.2 Å². The molecule has 2 fully saturated rings. The number of methoxy groups -OCH3 is 1. The molecule has 0 bridgehead atoms. The average molecular weight is 367 g/mol. The van der Waals surface area contributed by atoms with Crippen LogP contribution in [0.15, 0.2) is 12.1 Å². The van der Waals surface area contributed by atoms with Crippen molar-refractivity contribution in [3.63, 3.8) is 0 Å². The van der Waals surface area contributed by atoms with Crippen LogP contribution in [0.5, 0.6) is 5.75 Å². The SMILES string of the molecule is COc1cc(NC2CCN(C3CCCCC3O)CC2)c([N+](=O)[O-])cc1F. The van der Waals surface area contributed by atoms with Gasteiger partial charge in [-0.25, -0.2) is 4.39 Å². The zero-order valence-electron chi connectivity index (χ0n) is 15.0. The number of aliphatic hydroxyl groups excluding tert-OH is 1. The van der Waals surface area contributed by atoms with E-state index in [1.807, 2.05) is 0 Å². The molecule has 3 rings (SSSR count). The smallest absolute Gasteiger partial charge is 0.295 e. The standard InChI is InChI=1S/C18H26FN3O4/c1-26-18-11-14(16(22(24)25)10-13(18)19)20-12-6-8-21(9-7-12)15-4-2-3-5-17(15)23/h10-12,15,17,20,23H,2-9H2,1H3. The van der Waals surface area contributed by atoms with Gasteiger partial charge in [-0.15, -0.1) is 0 Å². The molecule has 1 aromatic carbocycles. The second-order valence-electron chi connectivity index (χ2n) is 7.13. The number of likely N-dealkylation sites (tertiary alicyclic amines) is 1. The van der Waals surface area contributed by atoms with Gasteiger partial charge in [0.2, 0.25) is 0 Å². The molecule has 2 unspecified atom stereocenters. The van der Waals surface area contributed by atoms with E-state index in [2.05, 4.69) is 10.2 Å². The van der Waals surface area contributed by atoms with Crippen LogP contribution in [0.4, 0.5) is 15.8 Å². The quantitative estimate of drug-likeness (QED) is 0.615. The third-order valence-corrected chi connectivity index (χ3v) is 5.52. The maximum atomic E-state index is 13.8. The number of ether oxygens (including phenoxy) is 1. The lowest BCUT2D eigenvalue weighted by Gasteiger charge is -2.41. The lowest BCUT2D eigenvalue weighted by molar-refractivity contribution is -0.384. The molecule has 144 valence electrons. The molecular weight excluding hydrogens is 341 g/mol. The number of nitrogens with zero attached hydrogens (tertiary/aromatic N) is 2. The molecule has 7 nitrogen and oxygen atoms in total. The van der Waals surface area contributed by atoms with E-state index in [1.54, 1.807) is 0 Å². The molecule has 0 spiro atoms. The summed E-state index contributed by atoms with van der Waals surface area (Å²) in [6, 6.07) is 2.55. The van der Waals surface area contributed by atoms with Crippen molar-refractivity contribution in [2.45, 2.75) is 56.7 Å². The van der Waals surface area contributed by atoms with Crippen LogP contribution in [0.25, 0.3) is 0 Å². The number of hydrogen-bond donors (Lipinski definition) is 2. The van der Waals surface area contributed by atoms with Crippen molar-refractivity contribution in [2.24, 2.45) is 0 Å². The van der Waals surface area contributed by atoms with Crippen LogP contribution in [-0.4, -0.2) is 53.3 Å². The van der Waals surface area contributed by atoms with Gasteiger partial charge >= 0.3 is 0 Å². The van der Waals surface area contributed by atoms with Crippen LogP contribution in [0.1, 0.15) is 38.5 Å². The normalized spacial score (nSPS) is 25.0. The topological polar surface area (TPSA) is 87.9 Å². The van der Waals surface area contributed by atoms with E-state index in [9.17, 15) is 19.6 Å². The van der Waals surface area contributed by atoms with E-state index >= 15 is 0 Å². The summed E-state index contributed by atoms with van der Waals surface area (Å²) in [4.78, 5) is 13.0. The highest BCUT2D eigenvalue weighted by atomic mass is 19.1. The van der Waals surface area contributed by atoms with Gasteiger partial charge in [0.05, 0.1) is 24.2 Å². The van der Waals surface area contributed by atoms with Crippen LogP contribution in [0.3, 0.4) is 0 Å². The van der Waals surface area contributed by atoms with Gasteiger partial charge in [0.1, 0.15) is 5.69 Å². The molecule has 0 amide bonds. The Balaban J connectivity index is 1.65. The van der Waals surface area contributed by atoms with Gasteiger partial charge in [0, 0.05) is 31.2 Å². The number of nitrogens with one attached hydrogen (secondary N) is 1. The fraction of sp³-hybridized carbons (Fsp3) is 0.667. The Morgan fingerprint density at radius 2 is 1.96 bits per heavy atom. The Kier molecular flexibility index (Phi) is 5.93. The maximum absolute atomic E-state index is 13.8. The lowest BCUT2D eigenvalue weighted by atomic mass is 9.89. The van der Waals surface area contributed by atoms with E-state index in [-0.39, 0.29) is 35.3 Å². The Hall–Kier alpha value is -1.93. The molecule has 2 atom stereocenters. The summed E-state index contributed by atoms with van der Waals surface area (Å²) in [5, 5.41) is 24.6. The summed E-state index contributed by atoms with van der Waals surface area (Å²) < 4.78 is 18.7. The highest BCUT2D eigenvalue weighted by molar-refractivity contribution is 5.65. The number of nitro groups is 1. The van der Waals surface area contributed by atoms with Gasteiger partial charge in [-0.2, -0.15) is 0 Å². The van der Waals surface area contributed by atoms with E-state index in [0.717, 1.165) is 57.7 Å². The van der Waals surface area contributed by atoms with Gasteiger partial charge in [-0.1, -0.05) is 12.8 Å². The molecule has 1 aromatic rings. The van der Waals surface area contributed by atoms with Crippen LogP contribution in [0, 0.1) is 15.9 Å². The largest absolute Gasteiger partial charge is 0.494 e. The zero-order valence-corrected chi connectivity index (χ0v) is 15.0. The van der Waals surface area contributed by atoms with Crippen molar-refractivity contribution in [2.75, 3.05) is 25.5 Å². The predicted octanol–water partition coefficient (Wildman–Crippen LogP) is 2.92. The van der Waals surface area contributed by atoms with Gasteiger partial charge < -0.3 is 15.2 Å². The molecule has 1 heterocycles. The highest BCUT2D eigenvalue weighted by Crippen LogP contribution is 2.33. The second-order valence-corrected chi connectivity index (χ2v) is 7.13. The number of hydrogen-bond acceptors (Lipinski definition) is 6. The highest BCUT2D eigenvalue weighted by Gasteiger charge is 2.32. The number of nitro benzene ring substituents is 1. The third-order valence-electron chi connectivity index (χ3n) is 5.52. The zero-order chi connectivity index (χ0) is 18.7. The first kappa shape index (κ1) is 18.8. The monoisotopic (exact) mass is 367 g/mol. The number of aliphatic hydroxyl groups is 1. The van der Waals surface area contributed by atoms with Crippen LogP contribution in [0.2, 0.25) is 0 Å². The Morgan fingerprint density at radius 3 is 2.58 bits per heavy atom. The average Bonchev–Trinajstić information content (AvgIpc) is 2.64. The minimum absolute atomic E-state index is 0.0131. The molecule has 0 aromatic heterocycles. The van der Waals surface area contributed by atoms with Gasteiger partial charge in [-0.05, 0) is 25.7 Å². The molecule has 8 heteroatoms. The minimum Gasteiger partial charge on any atom is -0.494 e. The van der Waals surface area contributed by atoms with Crippen LogP contribution in [-0.2, 0) is 0 Å². The molecule has 26 heavy (non-hydrogen) atoms. The van der Waals surface area contributed by atoms with Crippen LogP contribution >= 0.6 is 0 Å². The lowest BCUT2D eigenvalue weighted by Crippen LogP contribution is -2.50. The molecule has 2 aliphatic rings. The first-order chi connectivity index (χ1) is 12.5. The summed E-state index contributed by atoms with van der Waals surface area (Å²) in [5.41, 5.74) is -0.00201. The third kappa shape index (κ3) is 4.07. The number of piperidine rings is 1. The first-order valence-corrected chi connectivity index (χ1v) is 9.20. The summed E-state index contributed by atoms with van der Waals surface area (Å²) >= 11 is 0. The Bertz CT molecular complexity index is 650. The van der Waals surface area contributed by atoms with Gasteiger partial charge in [-0.3, -0.25) is 15.0 Å². The van der Waals surface area contributed by atoms with Crippen LogP contribution < -0.4 is 10.1 Å². The molecule has 1 aliphatic carbocycles. The molecule has 1 aliphatic heterocycles. The first-order valence-electron chi connectivity index (χ1n) is 9.20. The summed E-state index contributed by atoms with van der Waals surface area (Å²) in [7, 11) is 1.34. The summed E-state index contributed by atoms with van der Waals surface area (Å²) in [5.74, 6) is -0.758. The fourth-order valence-corrected chi connectivity index (χ4v) is 4.08. The second kappa shape index (κ2) is 8.18. The minimum atomic E-state index is -0.745. The Morgan fingerprint density at radius 1 is 1.27 bits per heavy atom. The van der Waals surface area contributed by atoms with E-state index < -0.39 is 10.7 Å². The summed E-state index contributed by atoms with van der Waals surface area (Å²) in [6.07, 6.45) is 5.52.